The van der Waals surface area contributed by atoms with Gasteiger partial charge in [-0.05, 0) is 56.5 Å². The Balaban J connectivity index is 2.19. The third kappa shape index (κ3) is 8.44. The van der Waals surface area contributed by atoms with Gasteiger partial charge in [0.05, 0.1) is 11.9 Å². The van der Waals surface area contributed by atoms with Gasteiger partial charge in [0.25, 0.3) is 0 Å². The van der Waals surface area contributed by atoms with Crippen LogP contribution in [0.3, 0.4) is 0 Å². The smallest absolute Gasteiger partial charge is 0.242 e. The minimum atomic E-state index is -3.82. The second-order valence-corrected chi connectivity index (χ2v) is 11.0. The van der Waals surface area contributed by atoms with Crippen molar-refractivity contribution in [3.63, 3.8) is 0 Å². The molecule has 0 spiro atoms. The van der Waals surface area contributed by atoms with Gasteiger partial charge in [-0.25, -0.2) is 17.2 Å². The van der Waals surface area contributed by atoms with Crippen LogP contribution in [-0.4, -0.2) is 50.0 Å². The van der Waals surface area contributed by atoms with Crippen molar-refractivity contribution in [1.29, 1.82) is 0 Å². The maximum Gasteiger partial charge on any atom is 0.242 e. The van der Waals surface area contributed by atoms with E-state index < -0.39 is 27.7 Å². The molecule has 2 aromatic rings. The van der Waals surface area contributed by atoms with Gasteiger partial charge in [0, 0.05) is 36.6 Å². The first kappa shape index (κ1) is 29.5. The van der Waals surface area contributed by atoms with Gasteiger partial charge in [-0.1, -0.05) is 30.7 Å². The van der Waals surface area contributed by atoms with Crippen LogP contribution in [0.2, 0.25) is 5.02 Å². The van der Waals surface area contributed by atoms with Crippen molar-refractivity contribution in [1.82, 2.24) is 10.2 Å². The summed E-state index contributed by atoms with van der Waals surface area (Å²) in [7, 11) is -3.82. The maximum absolute atomic E-state index is 13.7. The molecule has 0 aliphatic rings. The highest BCUT2D eigenvalue weighted by Crippen LogP contribution is 2.22. The Morgan fingerprint density at radius 1 is 1.08 bits per heavy atom. The van der Waals surface area contributed by atoms with Crippen molar-refractivity contribution in [3.8, 4) is 0 Å². The number of anilines is 1. The molecule has 0 saturated carbocycles. The number of amides is 2. The van der Waals surface area contributed by atoms with Crippen LogP contribution < -0.4 is 9.62 Å². The molecule has 2 rings (SSSR count). The molecule has 0 aromatic heterocycles. The van der Waals surface area contributed by atoms with Crippen molar-refractivity contribution in [2.24, 2.45) is 0 Å². The Morgan fingerprint density at radius 3 is 2.36 bits per heavy atom. The second-order valence-electron chi connectivity index (χ2n) is 8.68. The number of nitrogens with zero attached hydrogens (tertiary/aromatic N) is 2. The molecular weight excluding hydrogens is 512 g/mol. The fourth-order valence-corrected chi connectivity index (χ4v) is 4.69. The van der Waals surface area contributed by atoms with E-state index in [4.69, 9.17) is 11.6 Å². The van der Waals surface area contributed by atoms with Crippen molar-refractivity contribution < 1.29 is 26.8 Å². The molecule has 2 aromatic carbocycles. The zero-order valence-electron chi connectivity index (χ0n) is 20.8. The largest absolute Gasteiger partial charge is 0.352 e. The number of hydrogen-bond acceptors (Lipinski definition) is 4. The van der Waals surface area contributed by atoms with Crippen LogP contribution in [0.4, 0.5) is 14.5 Å². The van der Waals surface area contributed by atoms with Crippen LogP contribution in [0.25, 0.3) is 0 Å². The normalized spacial score (nSPS) is 13.1. The zero-order valence-corrected chi connectivity index (χ0v) is 22.4. The van der Waals surface area contributed by atoms with E-state index in [-0.39, 0.29) is 49.5 Å². The van der Waals surface area contributed by atoms with E-state index in [0.29, 0.717) is 5.02 Å². The summed E-state index contributed by atoms with van der Waals surface area (Å²) in [6.45, 7) is 5.43. The molecule has 0 heterocycles. The SMILES string of the molecule is CC[C@H](C)NC(=O)[C@@H](C)N(Cc1cccc(Cl)c1)C(=O)CCCN(c1ccc(F)c(F)c1)S(C)(=O)=O. The first-order chi connectivity index (χ1) is 16.8. The van der Waals surface area contributed by atoms with Gasteiger partial charge >= 0.3 is 0 Å². The lowest BCUT2D eigenvalue weighted by molar-refractivity contribution is -0.140. The first-order valence-electron chi connectivity index (χ1n) is 11.6. The Kier molecular flexibility index (Phi) is 10.7. The standard InChI is InChI=1S/C25H32ClF2N3O4S/c1-5-17(2)29-25(33)18(3)30(16-19-8-6-9-20(26)14-19)24(32)10-7-13-31(36(4,34)35)21-11-12-22(27)23(28)15-21/h6,8-9,11-12,14-15,17-18H,5,7,10,13,16H2,1-4H3,(H,29,33)/t17-,18+/m0/s1. The summed E-state index contributed by atoms with van der Waals surface area (Å²) >= 11 is 6.08. The van der Waals surface area contributed by atoms with Crippen LogP contribution in [0.1, 0.15) is 45.6 Å². The molecule has 7 nitrogen and oxygen atoms in total. The Bertz CT molecular complexity index is 1180. The molecule has 0 fully saturated rings. The summed E-state index contributed by atoms with van der Waals surface area (Å²) in [6, 6.07) is 8.89. The highest BCUT2D eigenvalue weighted by molar-refractivity contribution is 7.92. The fourth-order valence-electron chi connectivity index (χ4n) is 3.52. The predicted octanol–water partition coefficient (Wildman–Crippen LogP) is 4.50. The van der Waals surface area contributed by atoms with Crippen molar-refractivity contribution in [2.75, 3.05) is 17.1 Å². The number of benzene rings is 2. The fraction of sp³-hybridized carbons (Fsp3) is 0.440. The van der Waals surface area contributed by atoms with E-state index >= 15 is 0 Å². The number of rotatable bonds is 12. The molecule has 0 aliphatic heterocycles. The third-order valence-corrected chi connectivity index (χ3v) is 7.18. The molecule has 11 heteroatoms. The van der Waals surface area contributed by atoms with Crippen LogP contribution >= 0.6 is 11.6 Å². The second kappa shape index (κ2) is 13.0. The average Bonchev–Trinajstić information content (AvgIpc) is 2.80. The summed E-state index contributed by atoms with van der Waals surface area (Å²) in [5.41, 5.74) is 0.694. The zero-order chi connectivity index (χ0) is 27.0. The monoisotopic (exact) mass is 543 g/mol. The Morgan fingerprint density at radius 2 is 1.78 bits per heavy atom. The van der Waals surface area contributed by atoms with Gasteiger partial charge in [0.15, 0.2) is 11.6 Å². The molecule has 0 aliphatic carbocycles. The predicted molar refractivity (Wildman–Crippen MR) is 137 cm³/mol. The molecule has 0 radical (unpaired) electrons. The minimum absolute atomic E-state index is 0.0408. The quantitative estimate of drug-likeness (QED) is 0.427. The van der Waals surface area contributed by atoms with Gasteiger partial charge in [-0.2, -0.15) is 0 Å². The number of carbonyl (C=O) groups is 2. The lowest BCUT2D eigenvalue weighted by Crippen LogP contribution is -2.49. The maximum atomic E-state index is 13.7. The number of nitrogens with one attached hydrogen (secondary N) is 1. The van der Waals surface area contributed by atoms with Crippen LogP contribution in [-0.2, 0) is 26.2 Å². The van der Waals surface area contributed by atoms with E-state index in [1.54, 1.807) is 31.2 Å². The summed E-state index contributed by atoms with van der Waals surface area (Å²) in [5, 5.41) is 3.37. The summed E-state index contributed by atoms with van der Waals surface area (Å²) in [6.07, 6.45) is 1.70. The molecular formula is C25H32ClF2N3O4S. The third-order valence-electron chi connectivity index (χ3n) is 5.75. The Labute approximate surface area is 216 Å². The Hall–Kier alpha value is -2.72. The molecule has 0 bridgehead atoms. The van der Waals surface area contributed by atoms with E-state index in [1.807, 2.05) is 13.8 Å². The molecule has 1 N–H and O–H groups in total. The molecule has 2 atom stereocenters. The van der Waals surface area contributed by atoms with Crippen molar-refractivity contribution in [3.05, 3.63) is 64.7 Å². The summed E-state index contributed by atoms with van der Waals surface area (Å²) < 4.78 is 52.5. The number of halogens is 3. The minimum Gasteiger partial charge on any atom is -0.352 e. The topological polar surface area (TPSA) is 86.8 Å². The van der Waals surface area contributed by atoms with E-state index in [9.17, 15) is 26.8 Å². The van der Waals surface area contributed by atoms with E-state index in [0.717, 1.165) is 40.7 Å². The van der Waals surface area contributed by atoms with Crippen molar-refractivity contribution >= 4 is 39.1 Å². The van der Waals surface area contributed by atoms with Crippen molar-refractivity contribution in [2.45, 2.75) is 58.7 Å². The van der Waals surface area contributed by atoms with E-state index in [2.05, 4.69) is 5.32 Å². The van der Waals surface area contributed by atoms with Gasteiger partial charge in [0.2, 0.25) is 21.8 Å². The molecule has 0 unspecified atom stereocenters. The lowest BCUT2D eigenvalue weighted by atomic mass is 10.1. The van der Waals surface area contributed by atoms with Gasteiger partial charge in [-0.3, -0.25) is 13.9 Å². The van der Waals surface area contributed by atoms with Gasteiger partial charge in [-0.15, -0.1) is 0 Å². The number of sulfonamides is 1. The molecule has 36 heavy (non-hydrogen) atoms. The number of carbonyl (C=O) groups excluding carboxylic acids is 2. The van der Waals surface area contributed by atoms with Crippen LogP contribution in [0, 0.1) is 11.6 Å². The van der Waals surface area contributed by atoms with Crippen LogP contribution in [0.15, 0.2) is 42.5 Å². The molecule has 198 valence electrons. The first-order valence-corrected chi connectivity index (χ1v) is 13.8. The lowest BCUT2D eigenvalue weighted by Gasteiger charge is -2.30. The number of hydrogen-bond donors (Lipinski definition) is 1. The summed E-state index contributed by atoms with van der Waals surface area (Å²) in [4.78, 5) is 27.4. The molecule has 0 saturated heterocycles. The highest BCUT2D eigenvalue weighted by atomic mass is 35.5. The van der Waals surface area contributed by atoms with Crippen LogP contribution in [0.5, 0.6) is 0 Å². The molecule has 2 amide bonds. The van der Waals surface area contributed by atoms with Gasteiger partial charge in [0.1, 0.15) is 6.04 Å². The van der Waals surface area contributed by atoms with E-state index in [1.165, 1.54) is 4.90 Å². The van der Waals surface area contributed by atoms with Gasteiger partial charge < -0.3 is 10.2 Å². The highest BCUT2D eigenvalue weighted by Gasteiger charge is 2.27. The summed E-state index contributed by atoms with van der Waals surface area (Å²) in [5.74, 6) is -2.94. The average molecular weight is 544 g/mol.